The number of hydrogen-bond acceptors (Lipinski definition) is 3. The number of benzene rings is 2. The van der Waals surface area contributed by atoms with Crippen molar-refractivity contribution in [3.05, 3.63) is 69.3 Å². The minimum absolute atomic E-state index is 0.191. The Labute approximate surface area is 152 Å². The quantitative estimate of drug-likeness (QED) is 0.565. The Morgan fingerprint density at radius 1 is 1.17 bits per heavy atom. The Bertz CT molecular complexity index is 921. The normalized spacial score (nSPS) is 10.6. The standard InChI is InChI=1S/C18H14BrClN2O2/c1-10-2-4-12(13(19)8-10)16-6-7-17(24-16)18(23)22-15-9-11(21)3-5-14(15)20/h2-9H,21H2,1H3,(H,22,23). The lowest BCUT2D eigenvalue weighted by atomic mass is 10.1. The molecule has 6 heteroatoms. The third-order valence-corrected chi connectivity index (χ3v) is 4.44. The number of furan rings is 1. The summed E-state index contributed by atoms with van der Waals surface area (Å²) in [5.41, 5.74) is 8.67. The summed E-state index contributed by atoms with van der Waals surface area (Å²) in [6, 6.07) is 14.2. The van der Waals surface area contributed by atoms with Crippen LogP contribution in [0.4, 0.5) is 11.4 Å². The van der Waals surface area contributed by atoms with Crippen LogP contribution in [-0.4, -0.2) is 5.91 Å². The minimum Gasteiger partial charge on any atom is -0.451 e. The Morgan fingerprint density at radius 3 is 2.71 bits per heavy atom. The van der Waals surface area contributed by atoms with Crippen molar-refractivity contribution in [1.29, 1.82) is 0 Å². The second-order valence-electron chi connectivity index (χ2n) is 5.34. The van der Waals surface area contributed by atoms with Gasteiger partial charge in [0.1, 0.15) is 5.76 Å². The Hall–Kier alpha value is -2.24. The molecule has 1 amide bonds. The molecule has 2 aromatic carbocycles. The molecular formula is C18H14BrClN2O2. The molecule has 0 unspecified atom stereocenters. The fraction of sp³-hybridized carbons (Fsp3) is 0.0556. The van der Waals surface area contributed by atoms with E-state index in [9.17, 15) is 4.79 Å². The number of carbonyl (C=O) groups excluding carboxylic acids is 1. The summed E-state index contributed by atoms with van der Waals surface area (Å²) in [7, 11) is 0. The van der Waals surface area contributed by atoms with Crippen molar-refractivity contribution in [1.82, 2.24) is 0 Å². The third-order valence-electron chi connectivity index (χ3n) is 3.46. The summed E-state index contributed by atoms with van der Waals surface area (Å²) in [5.74, 6) is 0.402. The van der Waals surface area contributed by atoms with E-state index >= 15 is 0 Å². The molecule has 0 saturated heterocycles. The first-order chi connectivity index (χ1) is 11.4. The number of hydrogen-bond donors (Lipinski definition) is 2. The molecule has 0 aliphatic heterocycles. The second-order valence-corrected chi connectivity index (χ2v) is 6.60. The lowest BCUT2D eigenvalue weighted by Gasteiger charge is -2.06. The van der Waals surface area contributed by atoms with E-state index in [1.54, 1.807) is 30.3 Å². The van der Waals surface area contributed by atoms with E-state index in [1.807, 2.05) is 25.1 Å². The average molecular weight is 406 g/mol. The zero-order valence-electron chi connectivity index (χ0n) is 12.8. The number of nitrogen functional groups attached to an aromatic ring is 1. The van der Waals surface area contributed by atoms with Crippen LogP contribution in [0.1, 0.15) is 16.1 Å². The van der Waals surface area contributed by atoms with Gasteiger partial charge in [0.25, 0.3) is 5.91 Å². The van der Waals surface area contributed by atoms with Gasteiger partial charge in [0, 0.05) is 15.7 Å². The van der Waals surface area contributed by atoms with E-state index in [0.29, 0.717) is 22.2 Å². The molecule has 4 nitrogen and oxygen atoms in total. The molecule has 0 radical (unpaired) electrons. The molecule has 0 fully saturated rings. The molecule has 0 spiro atoms. The Kier molecular flexibility index (Phi) is 4.64. The highest BCUT2D eigenvalue weighted by molar-refractivity contribution is 9.10. The van der Waals surface area contributed by atoms with Gasteiger partial charge in [-0.25, -0.2) is 0 Å². The van der Waals surface area contributed by atoms with E-state index < -0.39 is 5.91 Å². The van der Waals surface area contributed by atoms with Gasteiger partial charge in [-0.3, -0.25) is 4.79 Å². The molecule has 1 aromatic heterocycles. The highest BCUT2D eigenvalue weighted by Crippen LogP contribution is 2.31. The number of carbonyl (C=O) groups is 1. The highest BCUT2D eigenvalue weighted by Gasteiger charge is 2.15. The summed E-state index contributed by atoms with van der Waals surface area (Å²) in [6.45, 7) is 2.00. The van der Waals surface area contributed by atoms with Crippen molar-refractivity contribution in [2.75, 3.05) is 11.1 Å². The molecule has 0 saturated carbocycles. The van der Waals surface area contributed by atoms with Gasteiger partial charge in [0.2, 0.25) is 0 Å². The van der Waals surface area contributed by atoms with Gasteiger partial charge in [-0.2, -0.15) is 0 Å². The van der Waals surface area contributed by atoms with Crippen molar-refractivity contribution in [2.24, 2.45) is 0 Å². The van der Waals surface area contributed by atoms with Gasteiger partial charge in [0.15, 0.2) is 5.76 Å². The number of nitrogens with one attached hydrogen (secondary N) is 1. The minimum atomic E-state index is -0.392. The first-order valence-electron chi connectivity index (χ1n) is 7.17. The largest absolute Gasteiger partial charge is 0.451 e. The van der Waals surface area contributed by atoms with E-state index in [0.717, 1.165) is 15.6 Å². The Morgan fingerprint density at radius 2 is 1.96 bits per heavy atom. The highest BCUT2D eigenvalue weighted by atomic mass is 79.9. The number of nitrogens with two attached hydrogens (primary N) is 1. The number of amides is 1. The van der Waals surface area contributed by atoms with Crippen LogP contribution < -0.4 is 11.1 Å². The van der Waals surface area contributed by atoms with E-state index in [1.165, 1.54) is 0 Å². The van der Waals surface area contributed by atoms with E-state index in [-0.39, 0.29) is 5.76 Å². The number of aryl methyl sites for hydroxylation is 1. The number of halogens is 2. The zero-order chi connectivity index (χ0) is 17.3. The molecule has 122 valence electrons. The van der Waals surface area contributed by atoms with Gasteiger partial charge in [0.05, 0.1) is 10.7 Å². The predicted octanol–water partition coefficient (Wildman–Crippen LogP) is 5.51. The first kappa shape index (κ1) is 16.6. The molecule has 0 aliphatic carbocycles. The summed E-state index contributed by atoms with van der Waals surface area (Å²) in [6.07, 6.45) is 0. The topological polar surface area (TPSA) is 68.3 Å². The fourth-order valence-corrected chi connectivity index (χ4v) is 3.10. The summed E-state index contributed by atoms with van der Waals surface area (Å²) >= 11 is 9.57. The van der Waals surface area contributed by atoms with Gasteiger partial charge in [-0.1, -0.05) is 33.6 Å². The molecule has 0 bridgehead atoms. The smallest absolute Gasteiger partial charge is 0.291 e. The number of rotatable bonds is 3. The van der Waals surface area contributed by atoms with Crippen LogP contribution in [0.25, 0.3) is 11.3 Å². The van der Waals surface area contributed by atoms with Crippen LogP contribution in [0.5, 0.6) is 0 Å². The van der Waals surface area contributed by atoms with E-state index in [4.69, 9.17) is 21.8 Å². The van der Waals surface area contributed by atoms with Crippen LogP contribution in [0.2, 0.25) is 5.02 Å². The zero-order valence-corrected chi connectivity index (χ0v) is 15.1. The lowest BCUT2D eigenvalue weighted by molar-refractivity contribution is 0.0997. The summed E-state index contributed by atoms with van der Waals surface area (Å²) in [5, 5.41) is 3.11. The van der Waals surface area contributed by atoms with Gasteiger partial charge in [-0.05, 0) is 55.0 Å². The maximum Gasteiger partial charge on any atom is 0.291 e. The summed E-state index contributed by atoms with van der Waals surface area (Å²) in [4.78, 5) is 12.3. The summed E-state index contributed by atoms with van der Waals surface area (Å²) < 4.78 is 6.58. The van der Waals surface area contributed by atoms with Crippen LogP contribution in [-0.2, 0) is 0 Å². The molecule has 0 aliphatic rings. The lowest BCUT2D eigenvalue weighted by Crippen LogP contribution is -2.11. The molecule has 3 N–H and O–H groups in total. The predicted molar refractivity (Wildman–Crippen MR) is 100 cm³/mol. The SMILES string of the molecule is Cc1ccc(-c2ccc(C(=O)Nc3cc(N)ccc3Cl)o2)c(Br)c1. The Balaban J connectivity index is 1.85. The van der Waals surface area contributed by atoms with Gasteiger partial charge >= 0.3 is 0 Å². The van der Waals surface area contributed by atoms with Crippen molar-refractivity contribution in [3.8, 4) is 11.3 Å². The van der Waals surface area contributed by atoms with E-state index in [2.05, 4.69) is 21.2 Å². The molecule has 1 heterocycles. The monoisotopic (exact) mass is 404 g/mol. The van der Waals surface area contributed by atoms with Crippen molar-refractivity contribution in [3.63, 3.8) is 0 Å². The van der Waals surface area contributed by atoms with Crippen molar-refractivity contribution < 1.29 is 9.21 Å². The maximum absolute atomic E-state index is 12.3. The van der Waals surface area contributed by atoms with Crippen LogP contribution in [0, 0.1) is 6.92 Å². The molecule has 24 heavy (non-hydrogen) atoms. The van der Waals surface area contributed by atoms with Crippen molar-refractivity contribution >= 4 is 44.8 Å². The third kappa shape index (κ3) is 3.47. The fourth-order valence-electron chi connectivity index (χ4n) is 2.25. The first-order valence-corrected chi connectivity index (χ1v) is 8.34. The molecule has 3 aromatic rings. The average Bonchev–Trinajstić information content (AvgIpc) is 3.00. The van der Waals surface area contributed by atoms with Gasteiger partial charge < -0.3 is 15.5 Å². The van der Waals surface area contributed by atoms with Crippen LogP contribution in [0.15, 0.2) is 57.4 Å². The van der Waals surface area contributed by atoms with Crippen molar-refractivity contribution in [2.45, 2.75) is 6.92 Å². The second kappa shape index (κ2) is 6.71. The number of anilines is 2. The maximum atomic E-state index is 12.3. The van der Waals surface area contributed by atoms with Crippen LogP contribution >= 0.6 is 27.5 Å². The van der Waals surface area contributed by atoms with Crippen LogP contribution in [0.3, 0.4) is 0 Å². The molecule has 0 atom stereocenters. The van der Waals surface area contributed by atoms with Gasteiger partial charge in [-0.15, -0.1) is 0 Å². The molecular weight excluding hydrogens is 392 g/mol. The molecule has 3 rings (SSSR count).